The lowest BCUT2D eigenvalue weighted by atomic mass is 9.86. The van der Waals surface area contributed by atoms with Crippen LogP contribution in [0.15, 0.2) is 18.2 Å². The van der Waals surface area contributed by atoms with Crippen LogP contribution in [0, 0.1) is 0 Å². The number of hydrogen-bond acceptors (Lipinski definition) is 3. The fourth-order valence-electron chi connectivity index (χ4n) is 2.36. The van der Waals surface area contributed by atoms with Gasteiger partial charge < -0.3 is 14.7 Å². The molecule has 1 heterocycles. The van der Waals surface area contributed by atoms with Gasteiger partial charge in [0.15, 0.2) is 0 Å². The summed E-state index contributed by atoms with van der Waals surface area (Å²) in [7, 11) is 3.72. The van der Waals surface area contributed by atoms with E-state index in [1.54, 1.807) is 7.11 Å². The van der Waals surface area contributed by atoms with Gasteiger partial charge in [0.1, 0.15) is 5.75 Å². The molecule has 0 bridgehead atoms. The van der Waals surface area contributed by atoms with Crippen LogP contribution >= 0.6 is 0 Å². The maximum Gasteiger partial charge on any atom is 0.119 e. The highest BCUT2D eigenvalue weighted by Crippen LogP contribution is 2.42. The molecule has 0 saturated carbocycles. The van der Waals surface area contributed by atoms with Crippen LogP contribution in [-0.4, -0.2) is 31.4 Å². The fraction of sp³-hybridized carbons (Fsp3) is 0.538. The van der Waals surface area contributed by atoms with Crippen molar-refractivity contribution in [2.45, 2.75) is 25.4 Å². The minimum Gasteiger partial charge on any atom is -0.497 e. The van der Waals surface area contributed by atoms with E-state index in [0.29, 0.717) is 0 Å². The average Bonchev–Trinajstić information content (AvgIpc) is 2.55. The van der Waals surface area contributed by atoms with Crippen molar-refractivity contribution in [1.82, 2.24) is 0 Å². The first kappa shape index (κ1) is 11.3. The molecule has 1 N–H and O–H groups in total. The highest BCUT2D eigenvalue weighted by Gasteiger charge is 2.36. The molecule has 3 nitrogen and oxygen atoms in total. The van der Waals surface area contributed by atoms with Gasteiger partial charge in [0.25, 0.3) is 0 Å². The smallest absolute Gasteiger partial charge is 0.119 e. The summed E-state index contributed by atoms with van der Waals surface area (Å²) in [5.41, 5.74) is 1.66. The molecule has 3 heteroatoms. The van der Waals surface area contributed by atoms with Crippen molar-refractivity contribution in [3.63, 3.8) is 0 Å². The molecule has 16 heavy (non-hydrogen) atoms. The van der Waals surface area contributed by atoms with Crippen molar-refractivity contribution in [2.75, 3.05) is 25.6 Å². The minimum absolute atomic E-state index is 0.141. The van der Waals surface area contributed by atoms with E-state index in [1.807, 2.05) is 26.0 Å². The Morgan fingerprint density at radius 1 is 1.44 bits per heavy atom. The molecule has 0 radical (unpaired) electrons. The van der Waals surface area contributed by atoms with E-state index in [-0.39, 0.29) is 5.92 Å². The molecular formula is C13H19NO2. The molecule has 0 amide bonds. The van der Waals surface area contributed by atoms with Gasteiger partial charge in [0, 0.05) is 25.2 Å². The lowest BCUT2D eigenvalue weighted by Crippen LogP contribution is -2.32. The molecule has 0 fully saturated rings. The van der Waals surface area contributed by atoms with Crippen LogP contribution in [-0.2, 0) is 0 Å². The first-order chi connectivity index (χ1) is 7.43. The summed E-state index contributed by atoms with van der Waals surface area (Å²) in [5.74, 6) is 0.992. The zero-order valence-corrected chi connectivity index (χ0v) is 10.3. The number of hydrogen-bond donors (Lipinski definition) is 1. The second kappa shape index (κ2) is 3.67. The van der Waals surface area contributed by atoms with Gasteiger partial charge in [-0.3, -0.25) is 0 Å². The summed E-state index contributed by atoms with van der Waals surface area (Å²) in [5, 5.41) is 10.2. The molecular weight excluding hydrogens is 202 g/mol. The number of methoxy groups -OCH3 is 1. The van der Waals surface area contributed by atoms with Crippen LogP contribution in [0.4, 0.5) is 5.69 Å². The lowest BCUT2D eigenvalue weighted by molar-refractivity contribution is 0.0550. The fourth-order valence-corrected chi connectivity index (χ4v) is 2.36. The first-order valence-electron chi connectivity index (χ1n) is 5.55. The van der Waals surface area contributed by atoms with Gasteiger partial charge in [-0.15, -0.1) is 0 Å². The average molecular weight is 221 g/mol. The summed E-state index contributed by atoms with van der Waals surface area (Å²) in [4.78, 5) is 2.18. The van der Waals surface area contributed by atoms with Crippen LogP contribution in [0.2, 0.25) is 0 Å². The maximum absolute atomic E-state index is 10.2. The summed E-state index contributed by atoms with van der Waals surface area (Å²) in [6.45, 7) is 4.58. The zero-order chi connectivity index (χ0) is 11.9. The molecule has 1 aromatic rings. The molecule has 2 rings (SSSR count). The van der Waals surface area contributed by atoms with E-state index in [1.165, 1.54) is 11.3 Å². The molecule has 1 aromatic carbocycles. The van der Waals surface area contributed by atoms with E-state index in [0.717, 1.165) is 12.3 Å². The highest BCUT2D eigenvalue weighted by atomic mass is 16.5. The third kappa shape index (κ3) is 1.76. The van der Waals surface area contributed by atoms with Crippen LogP contribution in [0.3, 0.4) is 0 Å². The molecule has 1 atom stereocenters. The Hall–Kier alpha value is -1.22. The standard InChI is InChI=1S/C13H19NO2/c1-13(2,15)11-8-14(3)12-6-5-9(16-4)7-10(11)12/h5-7,11,15H,8H2,1-4H3. The molecule has 1 aliphatic rings. The SMILES string of the molecule is COc1ccc2c(c1)C(C(C)(C)O)CN2C. The van der Waals surface area contributed by atoms with Crippen LogP contribution < -0.4 is 9.64 Å². The molecule has 0 aromatic heterocycles. The largest absolute Gasteiger partial charge is 0.497 e. The number of ether oxygens (including phenoxy) is 1. The number of anilines is 1. The number of benzene rings is 1. The van der Waals surface area contributed by atoms with E-state index in [4.69, 9.17) is 4.74 Å². The normalized spacial score (nSPS) is 19.8. The Bertz CT molecular complexity index is 395. The van der Waals surface area contributed by atoms with Crippen LogP contribution in [0.25, 0.3) is 0 Å². The quantitative estimate of drug-likeness (QED) is 0.829. The number of fused-ring (bicyclic) bond motifs is 1. The first-order valence-corrected chi connectivity index (χ1v) is 5.55. The summed E-state index contributed by atoms with van der Waals surface area (Å²) in [6, 6.07) is 6.05. The van der Waals surface area contributed by atoms with E-state index in [2.05, 4.69) is 18.0 Å². The third-order valence-corrected chi connectivity index (χ3v) is 3.33. The molecule has 1 aliphatic heterocycles. The monoisotopic (exact) mass is 221 g/mol. The molecule has 0 aliphatic carbocycles. The van der Waals surface area contributed by atoms with Gasteiger partial charge in [0.05, 0.1) is 12.7 Å². The van der Waals surface area contributed by atoms with Gasteiger partial charge in [-0.1, -0.05) is 0 Å². The second-order valence-electron chi connectivity index (χ2n) is 5.01. The summed E-state index contributed by atoms with van der Waals surface area (Å²) >= 11 is 0. The van der Waals surface area contributed by atoms with E-state index < -0.39 is 5.60 Å². The van der Waals surface area contributed by atoms with E-state index in [9.17, 15) is 5.11 Å². The molecule has 0 spiro atoms. The van der Waals surface area contributed by atoms with Crippen molar-refractivity contribution in [3.8, 4) is 5.75 Å². The van der Waals surface area contributed by atoms with Crippen molar-refractivity contribution in [1.29, 1.82) is 0 Å². The molecule has 88 valence electrons. The number of nitrogens with zero attached hydrogens (tertiary/aromatic N) is 1. The van der Waals surface area contributed by atoms with Crippen molar-refractivity contribution >= 4 is 5.69 Å². The second-order valence-corrected chi connectivity index (χ2v) is 5.01. The molecule has 0 saturated heterocycles. The Morgan fingerprint density at radius 3 is 2.69 bits per heavy atom. The Morgan fingerprint density at radius 2 is 2.12 bits per heavy atom. The van der Waals surface area contributed by atoms with Crippen LogP contribution in [0.1, 0.15) is 25.3 Å². The Balaban J connectivity index is 2.46. The topological polar surface area (TPSA) is 32.7 Å². The van der Waals surface area contributed by atoms with Crippen molar-refractivity contribution in [3.05, 3.63) is 23.8 Å². The maximum atomic E-state index is 10.2. The van der Waals surface area contributed by atoms with E-state index >= 15 is 0 Å². The third-order valence-electron chi connectivity index (χ3n) is 3.33. The Labute approximate surface area is 96.6 Å². The number of aliphatic hydroxyl groups is 1. The lowest BCUT2D eigenvalue weighted by Gasteiger charge is -2.26. The van der Waals surface area contributed by atoms with Crippen LogP contribution in [0.5, 0.6) is 5.75 Å². The Kier molecular flexibility index (Phi) is 2.58. The zero-order valence-electron chi connectivity index (χ0n) is 10.3. The van der Waals surface area contributed by atoms with Gasteiger partial charge in [-0.05, 0) is 37.6 Å². The van der Waals surface area contributed by atoms with Crippen molar-refractivity contribution in [2.24, 2.45) is 0 Å². The predicted molar refractivity (Wildman–Crippen MR) is 65.3 cm³/mol. The van der Waals surface area contributed by atoms with Gasteiger partial charge in [0.2, 0.25) is 0 Å². The van der Waals surface area contributed by atoms with Gasteiger partial charge in [-0.2, -0.15) is 0 Å². The van der Waals surface area contributed by atoms with Gasteiger partial charge >= 0.3 is 0 Å². The highest BCUT2D eigenvalue weighted by molar-refractivity contribution is 5.62. The summed E-state index contributed by atoms with van der Waals surface area (Å²) < 4.78 is 5.24. The number of likely N-dealkylation sites (N-methyl/N-ethyl adjacent to an activating group) is 1. The van der Waals surface area contributed by atoms with Crippen molar-refractivity contribution < 1.29 is 9.84 Å². The minimum atomic E-state index is -0.703. The summed E-state index contributed by atoms with van der Waals surface area (Å²) in [6.07, 6.45) is 0. The predicted octanol–water partition coefficient (Wildman–Crippen LogP) is 2.00. The molecule has 1 unspecified atom stereocenters. The van der Waals surface area contributed by atoms with Gasteiger partial charge in [-0.25, -0.2) is 0 Å². The number of rotatable bonds is 2.